The average molecular weight is 324 g/mol. The number of amides is 1. The molecule has 2 N–H and O–H groups in total. The molecule has 6 nitrogen and oxygen atoms in total. The third-order valence-corrected chi connectivity index (χ3v) is 5.16. The van der Waals surface area contributed by atoms with Crippen molar-refractivity contribution in [2.75, 3.05) is 12.3 Å². The van der Waals surface area contributed by atoms with Gasteiger partial charge in [-0.25, -0.2) is 0 Å². The molecule has 1 atom stereocenters. The number of carbonyl (C=O) groups is 1. The van der Waals surface area contributed by atoms with Crippen molar-refractivity contribution >= 4 is 29.0 Å². The summed E-state index contributed by atoms with van der Waals surface area (Å²) >= 11 is 2.97. The van der Waals surface area contributed by atoms with E-state index >= 15 is 0 Å². The first-order valence-electron chi connectivity index (χ1n) is 6.76. The molecule has 3 rings (SSSR count). The summed E-state index contributed by atoms with van der Waals surface area (Å²) in [5.41, 5.74) is 5.41. The van der Waals surface area contributed by atoms with Gasteiger partial charge in [-0.05, 0) is 24.3 Å². The third kappa shape index (κ3) is 3.28. The molecular weight excluding hydrogens is 308 g/mol. The predicted molar refractivity (Wildman–Crippen MR) is 80.9 cm³/mol. The van der Waals surface area contributed by atoms with Crippen molar-refractivity contribution in [2.45, 2.75) is 30.7 Å². The summed E-state index contributed by atoms with van der Waals surface area (Å²) in [5.74, 6) is 0.819. The number of carbonyl (C=O) groups excluding carboxylic acids is 1. The van der Waals surface area contributed by atoms with Gasteiger partial charge < -0.3 is 15.1 Å². The Morgan fingerprint density at radius 3 is 3.19 bits per heavy atom. The fourth-order valence-electron chi connectivity index (χ4n) is 2.43. The third-order valence-electron chi connectivity index (χ3n) is 3.39. The topological polar surface area (TPSA) is 85.2 Å². The number of hydrogen-bond acceptors (Lipinski definition) is 7. The fourth-order valence-corrected chi connectivity index (χ4v) is 3.97. The molecule has 0 aliphatic carbocycles. The van der Waals surface area contributed by atoms with Gasteiger partial charge in [0.25, 0.3) is 5.22 Å². The standard InChI is InChI=1S/C13H16N4O2S2/c14-7-11-15-16-13(19-11)21-8-12(18)17-5-1-3-9(17)10-4-2-6-20-10/h2,4,6,9H,1,3,5,7-8,14H2. The first-order valence-corrected chi connectivity index (χ1v) is 8.62. The van der Waals surface area contributed by atoms with Crippen LogP contribution in [0.1, 0.15) is 29.7 Å². The molecule has 21 heavy (non-hydrogen) atoms. The van der Waals surface area contributed by atoms with Gasteiger partial charge in [-0.15, -0.1) is 21.5 Å². The highest BCUT2D eigenvalue weighted by Crippen LogP contribution is 2.35. The average Bonchev–Trinajstić information content (AvgIpc) is 3.24. The van der Waals surface area contributed by atoms with Crippen molar-refractivity contribution in [2.24, 2.45) is 5.73 Å². The maximum absolute atomic E-state index is 12.4. The van der Waals surface area contributed by atoms with Crippen LogP contribution in [0.15, 0.2) is 27.2 Å². The molecule has 1 aliphatic heterocycles. The maximum atomic E-state index is 12.4. The zero-order valence-electron chi connectivity index (χ0n) is 11.4. The molecular formula is C13H16N4O2S2. The van der Waals surface area contributed by atoms with Gasteiger partial charge in [-0.1, -0.05) is 17.8 Å². The van der Waals surface area contributed by atoms with Crippen LogP contribution in [-0.2, 0) is 11.3 Å². The van der Waals surface area contributed by atoms with Crippen molar-refractivity contribution in [3.63, 3.8) is 0 Å². The smallest absolute Gasteiger partial charge is 0.277 e. The van der Waals surface area contributed by atoms with E-state index < -0.39 is 0 Å². The summed E-state index contributed by atoms with van der Waals surface area (Å²) in [6.45, 7) is 1.04. The van der Waals surface area contributed by atoms with Gasteiger partial charge in [0, 0.05) is 11.4 Å². The zero-order valence-corrected chi connectivity index (χ0v) is 13.0. The number of hydrogen-bond donors (Lipinski definition) is 1. The Kier molecular flexibility index (Phi) is 4.57. The van der Waals surface area contributed by atoms with E-state index in [-0.39, 0.29) is 18.5 Å². The molecule has 0 spiro atoms. The van der Waals surface area contributed by atoms with Crippen LogP contribution in [0.25, 0.3) is 0 Å². The van der Waals surface area contributed by atoms with Gasteiger partial charge in [0.1, 0.15) is 0 Å². The van der Waals surface area contributed by atoms with Crippen molar-refractivity contribution in [3.8, 4) is 0 Å². The van der Waals surface area contributed by atoms with Crippen LogP contribution in [0.4, 0.5) is 0 Å². The monoisotopic (exact) mass is 324 g/mol. The summed E-state index contributed by atoms with van der Waals surface area (Å²) in [6, 6.07) is 4.35. The number of rotatable bonds is 5. The molecule has 112 valence electrons. The molecule has 8 heteroatoms. The highest BCUT2D eigenvalue weighted by Gasteiger charge is 2.30. The first-order chi connectivity index (χ1) is 10.3. The molecule has 3 heterocycles. The molecule has 0 aromatic carbocycles. The molecule has 1 unspecified atom stereocenters. The van der Waals surface area contributed by atoms with Crippen LogP contribution >= 0.6 is 23.1 Å². The Morgan fingerprint density at radius 1 is 1.57 bits per heavy atom. The van der Waals surface area contributed by atoms with E-state index in [1.165, 1.54) is 16.6 Å². The Morgan fingerprint density at radius 2 is 2.48 bits per heavy atom. The highest BCUT2D eigenvalue weighted by molar-refractivity contribution is 7.99. The summed E-state index contributed by atoms with van der Waals surface area (Å²) in [7, 11) is 0. The van der Waals surface area contributed by atoms with E-state index in [9.17, 15) is 4.79 Å². The van der Waals surface area contributed by atoms with Gasteiger partial charge >= 0.3 is 0 Å². The van der Waals surface area contributed by atoms with E-state index in [4.69, 9.17) is 10.2 Å². The van der Waals surface area contributed by atoms with Crippen molar-refractivity contribution < 1.29 is 9.21 Å². The minimum absolute atomic E-state index is 0.114. The number of thiophene rings is 1. The van der Waals surface area contributed by atoms with E-state index in [2.05, 4.69) is 21.6 Å². The normalized spacial score (nSPS) is 18.3. The second kappa shape index (κ2) is 6.59. The second-order valence-corrected chi connectivity index (χ2v) is 6.62. The largest absolute Gasteiger partial charge is 0.415 e. The first kappa shape index (κ1) is 14.6. The van der Waals surface area contributed by atoms with Crippen LogP contribution in [0.3, 0.4) is 0 Å². The Balaban J connectivity index is 1.59. The molecule has 1 aliphatic rings. The van der Waals surface area contributed by atoms with Gasteiger partial charge in [0.15, 0.2) is 0 Å². The van der Waals surface area contributed by atoms with Gasteiger partial charge in [0.05, 0.1) is 18.3 Å². The van der Waals surface area contributed by atoms with Crippen molar-refractivity contribution in [1.29, 1.82) is 0 Å². The van der Waals surface area contributed by atoms with Crippen LogP contribution < -0.4 is 5.73 Å². The van der Waals surface area contributed by atoms with E-state index in [0.29, 0.717) is 16.9 Å². The Hall–Kier alpha value is -1.38. The summed E-state index contributed by atoms with van der Waals surface area (Å²) < 4.78 is 5.29. The lowest BCUT2D eigenvalue weighted by atomic mass is 10.2. The summed E-state index contributed by atoms with van der Waals surface area (Å²) in [4.78, 5) is 15.6. The number of nitrogens with zero attached hydrogens (tertiary/aromatic N) is 3. The van der Waals surface area contributed by atoms with Gasteiger partial charge in [-0.3, -0.25) is 4.79 Å². The zero-order chi connectivity index (χ0) is 14.7. The number of aromatic nitrogens is 2. The van der Waals surface area contributed by atoms with Gasteiger partial charge in [-0.2, -0.15) is 0 Å². The minimum Gasteiger partial charge on any atom is -0.415 e. The molecule has 0 radical (unpaired) electrons. The Bertz CT molecular complexity index is 599. The molecule has 2 aromatic heterocycles. The Labute approximate surface area is 130 Å². The number of nitrogens with two attached hydrogens (primary N) is 1. The molecule has 1 fully saturated rings. The minimum atomic E-state index is 0.114. The van der Waals surface area contributed by atoms with E-state index in [0.717, 1.165) is 19.4 Å². The number of thioether (sulfide) groups is 1. The molecule has 0 saturated carbocycles. The lowest BCUT2D eigenvalue weighted by Gasteiger charge is -2.23. The molecule has 1 saturated heterocycles. The molecule has 1 amide bonds. The SMILES string of the molecule is NCc1nnc(SCC(=O)N2CCCC2c2cccs2)o1. The molecule has 2 aromatic rings. The van der Waals surface area contributed by atoms with Crippen LogP contribution in [0.5, 0.6) is 0 Å². The summed E-state index contributed by atoms with van der Waals surface area (Å²) in [5, 5.41) is 10.1. The lowest BCUT2D eigenvalue weighted by molar-refractivity contribution is -0.129. The highest BCUT2D eigenvalue weighted by atomic mass is 32.2. The maximum Gasteiger partial charge on any atom is 0.277 e. The van der Waals surface area contributed by atoms with E-state index in [1.807, 2.05) is 11.0 Å². The van der Waals surface area contributed by atoms with Gasteiger partial charge in [0.2, 0.25) is 11.8 Å². The lowest BCUT2D eigenvalue weighted by Crippen LogP contribution is -2.31. The van der Waals surface area contributed by atoms with Crippen LogP contribution in [0, 0.1) is 0 Å². The second-order valence-electron chi connectivity index (χ2n) is 4.72. The number of likely N-dealkylation sites (tertiary alicyclic amines) is 1. The van der Waals surface area contributed by atoms with Crippen molar-refractivity contribution in [3.05, 3.63) is 28.3 Å². The van der Waals surface area contributed by atoms with Crippen LogP contribution in [0.2, 0.25) is 0 Å². The summed E-state index contributed by atoms with van der Waals surface area (Å²) in [6.07, 6.45) is 2.09. The predicted octanol–water partition coefficient (Wildman–Crippen LogP) is 2.05. The van der Waals surface area contributed by atoms with Crippen molar-refractivity contribution in [1.82, 2.24) is 15.1 Å². The van der Waals surface area contributed by atoms with E-state index in [1.54, 1.807) is 11.3 Å². The quantitative estimate of drug-likeness (QED) is 0.847. The fraction of sp³-hybridized carbons (Fsp3) is 0.462. The molecule has 0 bridgehead atoms. The van der Waals surface area contributed by atoms with Crippen LogP contribution in [-0.4, -0.2) is 33.3 Å².